The van der Waals surface area contributed by atoms with Crippen LogP contribution in [-0.4, -0.2) is 43.3 Å². The van der Waals surface area contributed by atoms with Crippen molar-refractivity contribution in [2.24, 2.45) is 4.99 Å². The van der Waals surface area contributed by atoms with Crippen LogP contribution < -0.4 is 15.4 Å². The number of aryl methyl sites for hydroxylation is 2. The van der Waals surface area contributed by atoms with Crippen LogP contribution in [0.4, 0.5) is 0 Å². The van der Waals surface area contributed by atoms with E-state index in [1.165, 1.54) is 5.56 Å². The Morgan fingerprint density at radius 1 is 1.21 bits per heavy atom. The van der Waals surface area contributed by atoms with Crippen molar-refractivity contribution in [1.29, 1.82) is 0 Å². The Labute approximate surface area is 142 Å². The molecule has 7 heteroatoms. The average molecular weight is 331 g/mol. The summed E-state index contributed by atoms with van der Waals surface area (Å²) in [6.07, 6.45) is 2.52. The highest BCUT2D eigenvalue weighted by Crippen LogP contribution is 2.17. The van der Waals surface area contributed by atoms with Gasteiger partial charge in [-0.05, 0) is 31.4 Å². The third-order valence-corrected chi connectivity index (χ3v) is 3.53. The molecule has 2 rings (SSSR count). The fraction of sp³-hybridized carbons (Fsp3) is 0.471. The summed E-state index contributed by atoms with van der Waals surface area (Å²) in [5, 5.41) is 10.4. The van der Waals surface area contributed by atoms with Gasteiger partial charge in [-0.2, -0.15) is 4.98 Å². The summed E-state index contributed by atoms with van der Waals surface area (Å²) in [5.74, 6) is 3.05. The molecule has 0 aliphatic rings. The zero-order valence-electron chi connectivity index (χ0n) is 14.5. The Morgan fingerprint density at radius 3 is 2.71 bits per heavy atom. The number of methoxy groups -OCH3 is 1. The predicted molar refractivity (Wildman–Crippen MR) is 93.4 cm³/mol. The van der Waals surface area contributed by atoms with Crippen molar-refractivity contribution in [1.82, 2.24) is 20.8 Å². The first kappa shape index (κ1) is 17.8. The second-order valence-electron chi connectivity index (χ2n) is 5.33. The van der Waals surface area contributed by atoms with E-state index in [-0.39, 0.29) is 0 Å². The molecule has 0 spiro atoms. The number of rotatable bonds is 8. The number of para-hydroxylation sites is 1. The van der Waals surface area contributed by atoms with Gasteiger partial charge in [0.2, 0.25) is 5.89 Å². The monoisotopic (exact) mass is 331 g/mol. The summed E-state index contributed by atoms with van der Waals surface area (Å²) in [4.78, 5) is 8.41. The van der Waals surface area contributed by atoms with Crippen LogP contribution in [0.5, 0.6) is 5.75 Å². The Bertz CT molecular complexity index is 654. The van der Waals surface area contributed by atoms with Crippen molar-refractivity contribution in [3.63, 3.8) is 0 Å². The molecule has 7 nitrogen and oxygen atoms in total. The SMILES string of the molecule is CN=C(NCCCc1nc(C)no1)NCCc1ccccc1OC. The van der Waals surface area contributed by atoms with Crippen molar-refractivity contribution >= 4 is 5.96 Å². The predicted octanol–water partition coefficient (Wildman–Crippen LogP) is 1.73. The second kappa shape index (κ2) is 9.54. The fourth-order valence-corrected chi connectivity index (χ4v) is 2.33. The molecule has 1 aromatic carbocycles. The number of nitrogens with zero attached hydrogens (tertiary/aromatic N) is 3. The number of aliphatic imine (C=N–C) groups is 1. The van der Waals surface area contributed by atoms with Crippen LogP contribution in [0.1, 0.15) is 23.7 Å². The molecule has 0 aliphatic carbocycles. The molecule has 1 heterocycles. The van der Waals surface area contributed by atoms with Gasteiger partial charge >= 0.3 is 0 Å². The molecular formula is C17H25N5O2. The zero-order valence-corrected chi connectivity index (χ0v) is 14.5. The van der Waals surface area contributed by atoms with Crippen molar-refractivity contribution in [2.45, 2.75) is 26.2 Å². The molecule has 0 atom stereocenters. The van der Waals surface area contributed by atoms with Crippen molar-refractivity contribution < 1.29 is 9.26 Å². The topological polar surface area (TPSA) is 84.6 Å². The van der Waals surface area contributed by atoms with Crippen LogP contribution in [0, 0.1) is 6.92 Å². The molecule has 0 aliphatic heterocycles. The third kappa shape index (κ3) is 5.57. The highest BCUT2D eigenvalue weighted by molar-refractivity contribution is 5.79. The van der Waals surface area contributed by atoms with Crippen LogP contribution >= 0.6 is 0 Å². The summed E-state index contributed by atoms with van der Waals surface area (Å²) >= 11 is 0. The summed E-state index contributed by atoms with van der Waals surface area (Å²) in [6, 6.07) is 8.04. The minimum Gasteiger partial charge on any atom is -0.496 e. The smallest absolute Gasteiger partial charge is 0.226 e. The van der Waals surface area contributed by atoms with Gasteiger partial charge in [0.25, 0.3) is 0 Å². The normalized spacial score (nSPS) is 11.4. The number of benzene rings is 1. The minimum atomic E-state index is 0.673. The summed E-state index contributed by atoms with van der Waals surface area (Å²) in [5.41, 5.74) is 1.18. The van der Waals surface area contributed by atoms with Crippen LogP contribution in [0.3, 0.4) is 0 Å². The lowest BCUT2D eigenvalue weighted by Gasteiger charge is -2.12. The van der Waals surface area contributed by atoms with Gasteiger partial charge in [-0.3, -0.25) is 4.99 Å². The van der Waals surface area contributed by atoms with E-state index in [2.05, 4.69) is 31.8 Å². The number of hydrogen-bond acceptors (Lipinski definition) is 5. The Morgan fingerprint density at radius 2 is 2.00 bits per heavy atom. The first-order valence-corrected chi connectivity index (χ1v) is 8.08. The van der Waals surface area contributed by atoms with Gasteiger partial charge in [0.1, 0.15) is 5.75 Å². The van der Waals surface area contributed by atoms with E-state index in [0.717, 1.165) is 44.1 Å². The van der Waals surface area contributed by atoms with Gasteiger partial charge in [0, 0.05) is 26.6 Å². The molecule has 0 fully saturated rings. The van der Waals surface area contributed by atoms with Crippen LogP contribution in [-0.2, 0) is 12.8 Å². The molecular weight excluding hydrogens is 306 g/mol. The van der Waals surface area contributed by atoms with Gasteiger partial charge in [0.05, 0.1) is 7.11 Å². The van der Waals surface area contributed by atoms with E-state index in [0.29, 0.717) is 11.7 Å². The van der Waals surface area contributed by atoms with Crippen LogP contribution in [0.2, 0.25) is 0 Å². The molecule has 130 valence electrons. The zero-order chi connectivity index (χ0) is 17.2. The molecule has 0 unspecified atom stereocenters. The molecule has 1 aromatic heterocycles. The number of guanidine groups is 1. The standard InChI is InChI=1S/C17H25N5O2/c1-13-21-16(24-22-13)9-6-11-19-17(18-2)20-12-10-14-7-4-5-8-15(14)23-3/h4-5,7-8H,6,9-12H2,1-3H3,(H2,18,19,20). The van der Waals surface area contributed by atoms with Gasteiger partial charge < -0.3 is 19.9 Å². The molecule has 0 bridgehead atoms. The van der Waals surface area contributed by atoms with Crippen molar-refractivity contribution in [3.8, 4) is 5.75 Å². The van der Waals surface area contributed by atoms with E-state index < -0.39 is 0 Å². The maximum absolute atomic E-state index is 5.36. The van der Waals surface area contributed by atoms with E-state index >= 15 is 0 Å². The molecule has 0 saturated carbocycles. The minimum absolute atomic E-state index is 0.673. The lowest BCUT2D eigenvalue weighted by molar-refractivity contribution is 0.372. The Hall–Kier alpha value is -2.57. The first-order chi connectivity index (χ1) is 11.7. The maximum Gasteiger partial charge on any atom is 0.226 e. The van der Waals surface area contributed by atoms with E-state index in [1.54, 1.807) is 14.2 Å². The third-order valence-electron chi connectivity index (χ3n) is 3.53. The number of ether oxygens (including phenoxy) is 1. The number of aromatic nitrogens is 2. The van der Waals surface area contributed by atoms with Crippen LogP contribution in [0.25, 0.3) is 0 Å². The summed E-state index contributed by atoms with van der Waals surface area (Å²) in [6.45, 7) is 3.39. The number of nitrogens with one attached hydrogen (secondary N) is 2. The van der Waals surface area contributed by atoms with Crippen molar-refractivity contribution in [2.75, 3.05) is 27.2 Å². The van der Waals surface area contributed by atoms with Gasteiger partial charge in [-0.25, -0.2) is 0 Å². The summed E-state index contributed by atoms with van der Waals surface area (Å²) in [7, 11) is 3.46. The van der Waals surface area contributed by atoms with E-state index in [4.69, 9.17) is 9.26 Å². The van der Waals surface area contributed by atoms with Crippen molar-refractivity contribution in [3.05, 3.63) is 41.5 Å². The van der Waals surface area contributed by atoms with Gasteiger partial charge in [-0.15, -0.1) is 0 Å². The lowest BCUT2D eigenvalue weighted by Crippen LogP contribution is -2.38. The number of hydrogen-bond donors (Lipinski definition) is 2. The quantitative estimate of drug-likeness (QED) is 0.435. The fourth-order valence-electron chi connectivity index (χ4n) is 2.33. The molecule has 0 saturated heterocycles. The highest BCUT2D eigenvalue weighted by atomic mass is 16.5. The molecule has 24 heavy (non-hydrogen) atoms. The molecule has 0 radical (unpaired) electrons. The Balaban J connectivity index is 1.67. The van der Waals surface area contributed by atoms with E-state index in [1.807, 2.05) is 25.1 Å². The summed E-state index contributed by atoms with van der Waals surface area (Å²) < 4.78 is 10.4. The lowest BCUT2D eigenvalue weighted by atomic mass is 10.1. The van der Waals surface area contributed by atoms with Gasteiger partial charge in [0.15, 0.2) is 11.8 Å². The molecule has 2 N–H and O–H groups in total. The first-order valence-electron chi connectivity index (χ1n) is 8.08. The molecule has 2 aromatic rings. The molecule has 0 amide bonds. The van der Waals surface area contributed by atoms with Gasteiger partial charge in [-0.1, -0.05) is 23.4 Å². The Kier molecular flexibility index (Phi) is 7.07. The highest BCUT2D eigenvalue weighted by Gasteiger charge is 2.04. The largest absolute Gasteiger partial charge is 0.496 e. The van der Waals surface area contributed by atoms with E-state index in [9.17, 15) is 0 Å². The average Bonchev–Trinajstić information content (AvgIpc) is 3.02. The maximum atomic E-state index is 5.36. The second-order valence-corrected chi connectivity index (χ2v) is 5.33. The van der Waals surface area contributed by atoms with Crippen LogP contribution in [0.15, 0.2) is 33.8 Å².